The molecule has 0 aliphatic carbocycles. The Morgan fingerprint density at radius 1 is 1.12 bits per heavy atom. The van der Waals surface area contributed by atoms with Gasteiger partial charge in [-0.15, -0.1) is 0 Å². The van der Waals surface area contributed by atoms with Gasteiger partial charge in [0.15, 0.2) is 6.29 Å². The molecule has 32 heavy (non-hydrogen) atoms. The van der Waals surface area contributed by atoms with Crippen LogP contribution in [0.2, 0.25) is 0 Å². The van der Waals surface area contributed by atoms with Crippen LogP contribution in [0.15, 0.2) is 0 Å². The molecule has 12 atom stereocenters. The zero-order valence-electron chi connectivity index (χ0n) is 20.3. The first-order valence-electron chi connectivity index (χ1n) is 12.4. The third-order valence-corrected chi connectivity index (χ3v) is 9.37. The summed E-state index contributed by atoms with van der Waals surface area (Å²) in [5.74, 6) is -0.432. The molecule has 0 bridgehead atoms. The SMILES string of the molecule is C[C@@H]1C[C@H](N(C)C)[C@H]2C[C@@]3(O)C[C@@H](C)N(C)CC4CN5C(=O)[C@H](C)[C@@H](O)[C@H](C45)[C@H]3O[C@@H]2O1. The average Bonchev–Trinajstić information content (AvgIpc) is 2.73. The predicted molar refractivity (Wildman–Crippen MR) is 119 cm³/mol. The summed E-state index contributed by atoms with van der Waals surface area (Å²) in [6.45, 7) is 7.64. The molecular formula is C24H41N3O5. The van der Waals surface area contributed by atoms with E-state index in [0.717, 1.165) is 19.5 Å². The van der Waals surface area contributed by atoms with Crippen molar-refractivity contribution in [1.82, 2.24) is 14.7 Å². The Morgan fingerprint density at radius 2 is 1.84 bits per heavy atom. The minimum absolute atomic E-state index is 0.0254. The second-order valence-corrected chi connectivity index (χ2v) is 11.7. The second kappa shape index (κ2) is 7.89. The summed E-state index contributed by atoms with van der Waals surface area (Å²) in [7, 11) is 6.28. The third-order valence-electron chi connectivity index (χ3n) is 9.37. The van der Waals surface area contributed by atoms with Crippen molar-refractivity contribution < 1.29 is 24.5 Å². The van der Waals surface area contributed by atoms with Gasteiger partial charge in [-0.1, -0.05) is 6.92 Å². The molecule has 8 nitrogen and oxygen atoms in total. The number of fused-ring (bicyclic) bond motifs is 3. The van der Waals surface area contributed by atoms with E-state index in [1.807, 2.05) is 11.8 Å². The summed E-state index contributed by atoms with van der Waals surface area (Å²) in [4.78, 5) is 19.4. The van der Waals surface area contributed by atoms with Crippen molar-refractivity contribution in [1.29, 1.82) is 0 Å². The maximum absolute atomic E-state index is 12.9. The molecule has 0 aromatic heterocycles. The van der Waals surface area contributed by atoms with Crippen LogP contribution < -0.4 is 0 Å². The lowest BCUT2D eigenvalue weighted by Gasteiger charge is -2.62. The molecule has 5 heterocycles. The summed E-state index contributed by atoms with van der Waals surface area (Å²) in [5, 5.41) is 23.6. The number of aliphatic hydroxyl groups is 2. The van der Waals surface area contributed by atoms with E-state index in [9.17, 15) is 15.0 Å². The highest BCUT2D eigenvalue weighted by molar-refractivity contribution is 5.81. The molecule has 1 amide bonds. The number of aliphatic hydroxyl groups excluding tert-OH is 1. The molecular weight excluding hydrogens is 410 g/mol. The second-order valence-electron chi connectivity index (χ2n) is 11.7. The topological polar surface area (TPSA) is 85.7 Å². The van der Waals surface area contributed by atoms with Crippen molar-refractivity contribution in [3.63, 3.8) is 0 Å². The molecule has 8 heteroatoms. The first-order valence-corrected chi connectivity index (χ1v) is 12.4. The van der Waals surface area contributed by atoms with E-state index in [1.165, 1.54) is 0 Å². The van der Waals surface area contributed by atoms with Gasteiger partial charge in [0.05, 0.1) is 29.8 Å². The molecule has 0 saturated carbocycles. The van der Waals surface area contributed by atoms with Gasteiger partial charge in [0.1, 0.15) is 0 Å². The van der Waals surface area contributed by atoms with Crippen LogP contribution >= 0.6 is 0 Å². The van der Waals surface area contributed by atoms with Gasteiger partial charge in [0.25, 0.3) is 0 Å². The van der Waals surface area contributed by atoms with Crippen molar-refractivity contribution in [2.75, 3.05) is 34.2 Å². The van der Waals surface area contributed by atoms with Crippen LogP contribution in [0, 0.1) is 23.7 Å². The average molecular weight is 452 g/mol. The molecule has 2 N–H and O–H groups in total. The predicted octanol–water partition coefficient (Wildman–Crippen LogP) is 0.366. The molecule has 5 fully saturated rings. The van der Waals surface area contributed by atoms with E-state index in [1.54, 1.807) is 0 Å². The Balaban J connectivity index is 1.56. The largest absolute Gasteiger partial charge is 0.392 e. The molecule has 5 aliphatic heterocycles. The van der Waals surface area contributed by atoms with Crippen LogP contribution in [-0.2, 0) is 14.3 Å². The van der Waals surface area contributed by atoms with Crippen LogP contribution in [0.3, 0.4) is 0 Å². The lowest BCUT2D eigenvalue weighted by molar-refractivity contribution is -0.336. The molecule has 5 aliphatic rings. The van der Waals surface area contributed by atoms with Gasteiger partial charge in [-0.25, -0.2) is 0 Å². The third kappa shape index (κ3) is 3.36. The van der Waals surface area contributed by atoms with Gasteiger partial charge >= 0.3 is 0 Å². The number of carbonyl (C=O) groups is 1. The van der Waals surface area contributed by atoms with E-state index < -0.39 is 30.0 Å². The normalized spacial score (nSPS) is 54.0. The van der Waals surface area contributed by atoms with Gasteiger partial charge in [-0.3, -0.25) is 4.79 Å². The Bertz CT molecular complexity index is 751. The summed E-state index contributed by atoms with van der Waals surface area (Å²) in [5.41, 5.74) is -1.09. The Hall–Kier alpha value is -0.770. The molecule has 5 saturated heterocycles. The maximum Gasteiger partial charge on any atom is 0.228 e. The number of hydrogen-bond acceptors (Lipinski definition) is 7. The van der Waals surface area contributed by atoms with Crippen LogP contribution in [0.25, 0.3) is 0 Å². The fourth-order valence-corrected chi connectivity index (χ4v) is 7.53. The maximum atomic E-state index is 12.9. The van der Waals surface area contributed by atoms with Crippen LogP contribution in [0.1, 0.15) is 40.0 Å². The minimum Gasteiger partial charge on any atom is -0.392 e. The van der Waals surface area contributed by atoms with Crippen molar-refractivity contribution in [3.05, 3.63) is 0 Å². The summed E-state index contributed by atoms with van der Waals surface area (Å²) < 4.78 is 13.0. The van der Waals surface area contributed by atoms with E-state index in [4.69, 9.17) is 9.47 Å². The molecule has 0 spiro atoms. The number of ether oxygens (including phenoxy) is 2. The Kier molecular flexibility index (Phi) is 5.67. The molecule has 182 valence electrons. The highest BCUT2D eigenvalue weighted by Gasteiger charge is 2.64. The molecule has 0 aromatic carbocycles. The summed E-state index contributed by atoms with van der Waals surface area (Å²) >= 11 is 0. The van der Waals surface area contributed by atoms with Gasteiger partial charge in [0.2, 0.25) is 5.91 Å². The van der Waals surface area contributed by atoms with E-state index in [2.05, 4.69) is 44.8 Å². The van der Waals surface area contributed by atoms with Gasteiger partial charge in [-0.2, -0.15) is 0 Å². The zero-order chi connectivity index (χ0) is 23.1. The monoisotopic (exact) mass is 451 g/mol. The standard InChI is InChI=1S/C24H41N3O5/c1-12-8-24(30)9-16-17(25(4)5)7-13(2)31-23(16)32-21(24)18-19-15(10-26(12)6)11-27(19)22(29)14(3)20(18)28/h12-21,23,28,30H,7-11H2,1-6H3/t12-,13-,14-,15?,16-,17+,18+,19?,20-,21-,23+,24+/m1/s1. The minimum atomic E-state index is -1.09. The Labute approximate surface area is 191 Å². The van der Waals surface area contributed by atoms with Gasteiger partial charge in [0, 0.05) is 49.0 Å². The van der Waals surface area contributed by atoms with E-state index >= 15 is 0 Å². The number of piperidine rings is 1. The summed E-state index contributed by atoms with van der Waals surface area (Å²) in [6.07, 6.45) is 0.342. The fraction of sp³-hybridized carbons (Fsp3) is 0.958. The van der Waals surface area contributed by atoms with Crippen molar-refractivity contribution >= 4 is 5.91 Å². The van der Waals surface area contributed by atoms with Crippen LogP contribution in [0.5, 0.6) is 0 Å². The quantitative estimate of drug-likeness (QED) is 0.596. The molecule has 5 rings (SSSR count). The lowest BCUT2D eigenvalue weighted by Crippen LogP contribution is -2.75. The molecule has 2 unspecified atom stereocenters. The number of hydrogen-bond donors (Lipinski definition) is 2. The van der Waals surface area contributed by atoms with Crippen LogP contribution in [0.4, 0.5) is 0 Å². The van der Waals surface area contributed by atoms with Crippen LogP contribution in [-0.4, -0.2) is 113 Å². The number of carbonyl (C=O) groups excluding carboxylic acids is 1. The smallest absolute Gasteiger partial charge is 0.228 e. The molecule has 0 radical (unpaired) electrons. The highest BCUT2D eigenvalue weighted by atomic mass is 16.7. The number of amides is 1. The van der Waals surface area contributed by atoms with Crippen molar-refractivity contribution in [2.24, 2.45) is 23.7 Å². The molecule has 0 aromatic rings. The Morgan fingerprint density at radius 3 is 2.53 bits per heavy atom. The highest BCUT2D eigenvalue weighted by Crippen LogP contribution is 2.52. The van der Waals surface area contributed by atoms with Crippen molar-refractivity contribution in [2.45, 2.75) is 88.4 Å². The van der Waals surface area contributed by atoms with E-state index in [0.29, 0.717) is 12.8 Å². The van der Waals surface area contributed by atoms with E-state index in [-0.39, 0.29) is 47.9 Å². The summed E-state index contributed by atoms with van der Waals surface area (Å²) in [6, 6.07) is 0.336. The van der Waals surface area contributed by atoms with Gasteiger partial charge < -0.3 is 34.4 Å². The first-order chi connectivity index (χ1) is 15.0. The fourth-order valence-electron chi connectivity index (χ4n) is 7.53. The number of rotatable bonds is 1. The van der Waals surface area contributed by atoms with Crippen molar-refractivity contribution in [3.8, 4) is 0 Å². The first kappa shape index (κ1) is 23.0. The van der Waals surface area contributed by atoms with Gasteiger partial charge in [-0.05, 0) is 54.3 Å². The number of nitrogens with zero attached hydrogens (tertiary/aromatic N) is 3. The lowest BCUT2D eigenvalue weighted by atomic mass is 9.62. The zero-order valence-corrected chi connectivity index (χ0v) is 20.3.